The second-order valence-electron chi connectivity index (χ2n) is 3.63. The molecule has 0 amide bonds. The highest BCUT2D eigenvalue weighted by molar-refractivity contribution is 6.71. The lowest BCUT2D eigenvalue weighted by Crippen LogP contribution is -2.31. The number of methoxy groups -OCH3 is 1. The summed E-state index contributed by atoms with van der Waals surface area (Å²) >= 11 is 0. The van der Waals surface area contributed by atoms with E-state index in [0.29, 0.717) is 13.2 Å². The highest BCUT2D eigenvalue weighted by atomic mass is 28.4. The van der Waals surface area contributed by atoms with E-state index in [4.69, 9.17) is 13.9 Å². The highest BCUT2D eigenvalue weighted by Gasteiger charge is 2.19. The van der Waals surface area contributed by atoms with Gasteiger partial charge in [0.1, 0.15) is 6.61 Å². The van der Waals surface area contributed by atoms with Crippen LogP contribution < -0.4 is 0 Å². The van der Waals surface area contributed by atoms with Crippen LogP contribution in [0.1, 0.15) is 0 Å². The van der Waals surface area contributed by atoms with Crippen molar-refractivity contribution in [3.8, 4) is 0 Å². The van der Waals surface area contributed by atoms with Crippen LogP contribution in [0, 0.1) is 0 Å². The average Bonchev–Trinajstić information content (AvgIpc) is 1.94. The molecule has 0 aliphatic carbocycles. The van der Waals surface area contributed by atoms with E-state index in [2.05, 4.69) is 0 Å². The molecule has 0 unspecified atom stereocenters. The number of hydrogen-bond acceptors (Lipinski definition) is 4. The van der Waals surface area contributed by atoms with Crippen LogP contribution in [0.25, 0.3) is 0 Å². The maximum absolute atomic E-state index is 11.1. The minimum Gasteiger partial charge on any atom is -0.518 e. The Hall–Kier alpha value is -0.393. The molecule has 0 atom stereocenters. The Labute approximate surface area is 80.3 Å². The summed E-state index contributed by atoms with van der Waals surface area (Å²) in [6.45, 7) is 6.82. The number of rotatable bonds is 6. The fraction of sp³-hybridized carbons (Fsp3) is 0.875. The first-order valence-electron chi connectivity index (χ1n) is 4.24. The Kier molecular flexibility index (Phi) is 5.94. The summed E-state index contributed by atoms with van der Waals surface area (Å²) in [5.74, 6) is -0.282. The van der Waals surface area contributed by atoms with Gasteiger partial charge in [0.15, 0.2) is 0 Å². The quantitative estimate of drug-likeness (QED) is 0.481. The maximum Gasteiger partial charge on any atom is 0.318 e. The van der Waals surface area contributed by atoms with Crippen LogP contribution in [0.15, 0.2) is 0 Å². The van der Waals surface area contributed by atoms with E-state index in [1.807, 2.05) is 19.6 Å². The lowest BCUT2D eigenvalue weighted by molar-refractivity contribution is -0.140. The zero-order valence-corrected chi connectivity index (χ0v) is 9.75. The van der Waals surface area contributed by atoms with E-state index in [1.54, 1.807) is 7.11 Å². The van der Waals surface area contributed by atoms with Crippen LogP contribution >= 0.6 is 0 Å². The minimum absolute atomic E-state index is 0.0215. The number of carbonyl (C=O) groups is 1. The van der Waals surface area contributed by atoms with Gasteiger partial charge in [-0.2, -0.15) is 0 Å². The average molecular weight is 206 g/mol. The standard InChI is InChI=1S/C8H18O4Si/c1-10-5-6-11-7-8(9)12-13(2,3)4/h5-7H2,1-4H3. The van der Waals surface area contributed by atoms with Gasteiger partial charge >= 0.3 is 5.97 Å². The van der Waals surface area contributed by atoms with Crippen molar-refractivity contribution in [3.63, 3.8) is 0 Å². The van der Waals surface area contributed by atoms with E-state index in [9.17, 15) is 4.79 Å². The second-order valence-corrected chi connectivity index (χ2v) is 8.06. The number of carbonyl (C=O) groups excluding carboxylic acids is 1. The summed E-state index contributed by atoms with van der Waals surface area (Å²) < 4.78 is 14.9. The molecule has 0 aromatic carbocycles. The fourth-order valence-corrected chi connectivity index (χ4v) is 1.41. The molecule has 78 valence electrons. The van der Waals surface area contributed by atoms with E-state index in [-0.39, 0.29) is 12.6 Å². The molecule has 0 bridgehead atoms. The van der Waals surface area contributed by atoms with Crippen molar-refractivity contribution in [1.29, 1.82) is 0 Å². The molecule has 5 heteroatoms. The van der Waals surface area contributed by atoms with E-state index in [0.717, 1.165) is 0 Å². The zero-order valence-electron chi connectivity index (χ0n) is 8.75. The van der Waals surface area contributed by atoms with Crippen LogP contribution in [-0.4, -0.2) is 41.2 Å². The van der Waals surface area contributed by atoms with E-state index >= 15 is 0 Å². The molecule has 0 spiro atoms. The van der Waals surface area contributed by atoms with Gasteiger partial charge in [0.05, 0.1) is 13.2 Å². The Morgan fingerprint density at radius 3 is 2.31 bits per heavy atom. The van der Waals surface area contributed by atoms with Gasteiger partial charge in [-0.15, -0.1) is 0 Å². The molecule has 0 rings (SSSR count). The predicted molar refractivity (Wildman–Crippen MR) is 52.1 cm³/mol. The topological polar surface area (TPSA) is 44.8 Å². The molecule has 0 N–H and O–H groups in total. The third-order valence-electron chi connectivity index (χ3n) is 1.07. The van der Waals surface area contributed by atoms with Gasteiger partial charge in [0.25, 0.3) is 0 Å². The molecule has 0 fully saturated rings. The number of hydrogen-bond donors (Lipinski definition) is 0. The summed E-state index contributed by atoms with van der Waals surface area (Å²) in [7, 11) is -0.163. The lowest BCUT2D eigenvalue weighted by Gasteiger charge is -2.16. The highest BCUT2D eigenvalue weighted by Crippen LogP contribution is 2.02. The third-order valence-corrected chi connectivity index (χ3v) is 1.91. The van der Waals surface area contributed by atoms with Gasteiger partial charge in [-0.25, -0.2) is 0 Å². The first-order valence-corrected chi connectivity index (χ1v) is 7.65. The Bertz CT molecular complexity index is 153. The van der Waals surface area contributed by atoms with Crippen molar-refractivity contribution in [2.45, 2.75) is 19.6 Å². The molecule has 4 nitrogen and oxygen atoms in total. The fourth-order valence-electron chi connectivity index (χ4n) is 0.669. The molecular weight excluding hydrogens is 188 g/mol. The minimum atomic E-state index is -1.75. The molecule has 0 radical (unpaired) electrons. The van der Waals surface area contributed by atoms with Crippen LogP contribution in [0.5, 0.6) is 0 Å². The van der Waals surface area contributed by atoms with Gasteiger partial charge in [-0.1, -0.05) is 0 Å². The summed E-state index contributed by atoms with van der Waals surface area (Å²) in [4.78, 5) is 11.1. The Balaban J connectivity index is 3.41. The molecular formula is C8H18O4Si. The van der Waals surface area contributed by atoms with Crippen molar-refractivity contribution in [2.24, 2.45) is 0 Å². The van der Waals surface area contributed by atoms with Crippen molar-refractivity contribution >= 4 is 14.3 Å². The van der Waals surface area contributed by atoms with Gasteiger partial charge in [-0.05, 0) is 19.6 Å². The zero-order chi connectivity index (χ0) is 10.3. The molecule has 0 aromatic heterocycles. The molecule has 13 heavy (non-hydrogen) atoms. The third kappa shape index (κ3) is 9.52. The van der Waals surface area contributed by atoms with Gasteiger partial charge < -0.3 is 13.9 Å². The monoisotopic (exact) mass is 206 g/mol. The van der Waals surface area contributed by atoms with E-state index in [1.165, 1.54) is 0 Å². The lowest BCUT2D eigenvalue weighted by atomic mass is 10.7. The summed E-state index contributed by atoms with van der Waals surface area (Å²) in [6.07, 6.45) is 0. The summed E-state index contributed by atoms with van der Waals surface area (Å²) in [5.41, 5.74) is 0. The van der Waals surface area contributed by atoms with Crippen LogP contribution in [-0.2, 0) is 18.7 Å². The van der Waals surface area contributed by atoms with Gasteiger partial charge in [-0.3, -0.25) is 4.79 Å². The number of ether oxygens (including phenoxy) is 2. The summed E-state index contributed by atoms with van der Waals surface area (Å²) in [6, 6.07) is 0. The van der Waals surface area contributed by atoms with Crippen molar-refractivity contribution in [2.75, 3.05) is 26.9 Å². The normalized spacial score (nSPS) is 11.4. The van der Waals surface area contributed by atoms with Crippen LogP contribution in [0.2, 0.25) is 19.6 Å². The van der Waals surface area contributed by atoms with Crippen molar-refractivity contribution in [1.82, 2.24) is 0 Å². The van der Waals surface area contributed by atoms with Crippen LogP contribution in [0.3, 0.4) is 0 Å². The maximum atomic E-state index is 11.1. The first kappa shape index (κ1) is 12.6. The van der Waals surface area contributed by atoms with Gasteiger partial charge in [0.2, 0.25) is 8.32 Å². The predicted octanol–water partition coefficient (Wildman–Crippen LogP) is 1.03. The SMILES string of the molecule is COCCOCC(=O)O[Si](C)(C)C. The van der Waals surface area contributed by atoms with Gasteiger partial charge in [0, 0.05) is 7.11 Å². The molecule has 0 aliphatic rings. The van der Waals surface area contributed by atoms with Crippen molar-refractivity contribution < 1.29 is 18.7 Å². The van der Waals surface area contributed by atoms with Crippen molar-refractivity contribution in [3.05, 3.63) is 0 Å². The second kappa shape index (κ2) is 6.12. The largest absolute Gasteiger partial charge is 0.518 e. The molecule has 0 saturated carbocycles. The van der Waals surface area contributed by atoms with Crippen LogP contribution in [0.4, 0.5) is 0 Å². The van der Waals surface area contributed by atoms with E-state index < -0.39 is 8.32 Å². The first-order chi connectivity index (χ1) is 5.95. The molecule has 0 heterocycles. The molecule has 0 aliphatic heterocycles. The smallest absolute Gasteiger partial charge is 0.318 e. The molecule has 0 aromatic rings. The molecule has 0 saturated heterocycles. The Morgan fingerprint density at radius 2 is 1.85 bits per heavy atom. The Morgan fingerprint density at radius 1 is 1.23 bits per heavy atom. The summed E-state index contributed by atoms with van der Waals surface area (Å²) in [5, 5.41) is 0.